The Hall–Kier alpha value is -1.58. The van der Waals surface area contributed by atoms with Gasteiger partial charge in [0.05, 0.1) is 6.54 Å². The van der Waals surface area contributed by atoms with Gasteiger partial charge in [-0.3, -0.25) is 9.59 Å². The van der Waals surface area contributed by atoms with Crippen LogP contribution in [0, 0.1) is 0 Å². The van der Waals surface area contributed by atoms with Gasteiger partial charge < -0.3 is 10.6 Å². The zero-order valence-electron chi connectivity index (χ0n) is 7.69. The topological polar surface area (TPSA) is 63.4 Å². The second-order valence-corrected chi connectivity index (χ2v) is 2.64. The molecule has 0 fully saturated rings. The SMILES string of the molecule is C=CC/C=C(/CN(C)C=O)C(N)=O. The fraction of sp³-hybridized carbons (Fsp3) is 0.333. The summed E-state index contributed by atoms with van der Waals surface area (Å²) in [6, 6.07) is 0. The summed E-state index contributed by atoms with van der Waals surface area (Å²) in [5.74, 6) is -0.504. The number of carbonyl (C=O) groups excluding carboxylic acids is 2. The molecule has 2 amide bonds. The number of nitrogens with zero attached hydrogens (tertiary/aromatic N) is 1. The predicted octanol–water partition coefficient (Wildman–Crippen LogP) is 0.0624. The molecule has 0 aromatic rings. The lowest BCUT2D eigenvalue weighted by Crippen LogP contribution is -2.26. The monoisotopic (exact) mass is 182 g/mol. The second kappa shape index (κ2) is 5.99. The van der Waals surface area contributed by atoms with Crippen molar-refractivity contribution in [3.63, 3.8) is 0 Å². The number of carbonyl (C=O) groups is 2. The first-order valence-corrected chi connectivity index (χ1v) is 3.87. The highest BCUT2D eigenvalue weighted by Gasteiger charge is 2.05. The first kappa shape index (κ1) is 11.4. The van der Waals surface area contributed by atoms with E-state index in [-0.39, 0.29) is 6.54 Å². The van der Waals surface area contributed by atoms with Crippen molar-refractivity contribution in [2.75, 3.05) is 13.6 Å². The molecule has 0 atom stereocenters. The van der Waals surface area contributed by atoms with Crippen molar-refractivity contribution in [2.45, 2.75) is 6.42 Å². The fourth-order valence-corrected chi connectivity index (χ4v) is 0.775. The molecule has 0 unspecified atom stereocenters. The average molecular weight is 182 g/mol. The van der Waals surface area contributed by atoms with Crippen molar-refractivity contribution in [2.24, 2.45) is 5.73 Å². The Morgan fingerprint density at radius 3 is 2.62 bits per heavy atom. The Bertz CT molecular complexity index is 234. The molecule has 0 radical (unpaired) electrons. The van der Waals surface area contributed by atoms with Gasteiger partial charge in [-0.05, 0) is 6.42 Å². The normalized spacial score (nSPS) is 10.7. The van der Waals surface area contributed by atoms with Gasteiger partial charge in [0.25, 0.3) is 0 Å². The van der Waals surface area contributed by atoms with E-state index in [4.69, 9.17) is 5.73 Å². The highest BCUT2D eigenvalue weighted by atomic mass is 16.1. The molecule has 0 aromatic carbocycles. The van der Waals surface area contributed by atoms with Crippen LogP contribution >= 0.6 is 0 Å². The van der Waals surface area contributed by atoms with E-state index in [0.717, 1.165) is 0 Å². The Labute approximate surface area is 77.7 Å². The molecular formula is C9H14N2O2. The van der Waals surface area contributed by atoms with Crippen LogP contribution in [0.2, 0.25) is 0 Å². The maximum absolute atomic E-state index is 10.8. The molecule has 0 aliphatic heterocycles. The predicted molar refractivity (Wildman–Crippen MR) is 50.8 cm³/mol. The largest absolute Gasteiger partial charge is 0.366 e. The summed E-state index contributed by atoms with van der Waals surface area (Å²) < 4.78 is 0. The van der Waals surface area contributed by atoms with Crippen LogP contribution in [0.5, 0.6) is 0 Å². The minimum Gasteiger partial charge on any atom is -0.366 e. The molecule has 0 aromatic heterocycles. The summed E-state index contributed by atoms with van der Waals surface area (Å²) in [5, 5.41) is 0. The smallest absolute Gasteiger partial charge is 0.246 e. The number of primary amides is 1. The Kier molecular flexibility index (Phi) is 5.27. The molecule has 4 heteroatoms. The van der Waals surface area contributed by atoms with E-state index >= 15 is 0 Å². The standard InChI is InChI=1S/C9H14N2O2/c1-3-4-5-8(9(10)13)6-11(2)7-12/h3,5,7H,1,4,6H2,2H3,(H2,10,13)/b8-5-. The van der Waals surface area contributed by atoms with Gasteiger partial charge in [0.1, 0.15) is 0 Å². The molecule has 2 N–H and O–H groups in total. The second-order valence-electron chi connectivity index (χ2n) is 2.64. The highest BCUT2D eigenvalue weighted by Crippen LogP contribution is 1.98. The van der Waals surface area contributed by atoms with E-state index in [0.29, 0.717) is 18.4 Å². The van der Waals surface area contributed by atoms with Crippen LogP contribution in [0.3, 0.4) is 0 Å². The van der Waals surface area contributed by atoms with E-state index in [2.05, 4.69) is 6.58 Å². The van der Waals surface area contributed by atoms with Crippen LogP contribution in [0.1, 0.15) is 6.42 Å². The lowest BCUT2D eigenvalue weighted by molar-refractivity contribution is -0.117. The van der Waals surface area contributed by atoms with E-state index < -0.39 is 5.91 Å². The summed E-state index contributed by atoms with van der Waals surface area (Å²) in [5.41, 5.74) is 5.52. The maximum Gasteiger partial charge on any atom is 0.246 e. The molecule has 0 aliphatic rings. The number of hydrogen-bond acceptors (Lipinski definition) is 2. The number of hydrogen-bond donors (Lipinski definition) is 1. The summed E-state index contributed by atoms with van der Waals surface area (Å²) in [7, 11) is 1.58. The van der Waals surface area contributed by atoms with Gasteiger partial charge in [0.2, 0.25) is 12.3 Å². The van der Waals surface area contributed by atoms with Crippen LogP contribution in [-0.4, -0.2) is 30.8 Å². The van der Waals surface area contributed by atoms with Crippen molar-refractivity contribution >= 4 is 12.3 Å². The van der Waals surface area contributed by atoms with Gasteiger partial charge in [-0.25, -0.2) is 0 Å². The zero-order chi connectivity index (χ0) is 10.3. The fourth-order valence-electron chi connectivity index (χ4n) is 0.775. The van der Waals surface area contributed by atoms with E-state index in [1.54, 1.807) is 19.2 Å². The summed E-state index contributed by atoms with van der Waals surface area (Å²) in [4.78, 5) is 22.4. The summed E-state index contributed by atoms with van der Waals surface area (Å²) >= 11 is 0. The van der Waals surface area contributed by atoms with Gasteiger partial charge in [-0.2, -0.15) is 0 Å². The van der Waals surface area contributed by atoms with Crippen LogP contribution in [0.25, 0.3) is 0 Å². The maximum atomic E-state index is 10.8. The summed E-state index contributed by atoms with van der Waals surface area (Å²) in [6.07, 6.45) is 4.54. The third kappa shape index (κ3) is 4.79. The van der Waals surface area contributed by atoms with Gasteiger partial charge in [-0.1, -0.05) is 12.2 Å². The molecule has 72 valence electrons. The number of nitrogens with two attached hydrogens (primary N) is 1. The molecule has 0 spiro atoms. The summed E-state index contributed by atoms with van der Waals surface area (Å²) in [6.45, 7) is 3.75. The first-order chi connectivity index (χ1) is 6.11. The number of allylic oxidation sites excluding steroid dienone is 2. The van der Waals surface area contributed by atoms with Crippen molar-refractivity contribution < 1.29 is 9.59 Å². The molecule has 0 saturated carbocycles. The molecule has 0 rings (SSSR count). The van der Waals surface area contributed by atoms with Gasteiger partial charge in [-0.15, -0.1) is 6.58 Å². The van der Waals surface area contributed by atoms with Crippen LogP contribution in [0.15, 0.2) is 24.3 Å². The van der Waals surface area contributed by atoms with E-state index in [1.807, 2.05) is 0 Å². The van der Waals surface area contributed by atoms with Crippen molar-refractivity contribution in [1.82, 2.24) is 4.90 Å². The third-order valence-corrected chi connectivity index (χ3v) is 1.45. The van der Waals surface area contributed by atoms with Gasteiger partial charge in [0, 0.05) is 12.6 Å². The van der Waals surface area contributed by atoms with Gasteiger partial charge >= 0.3 is 0 Å². The first-order valence-electron chi connectivity index (χ1n) is 3.87. The molecule has 4 nitrogen and oxygen atoms in total. The van der Waals surface area contributed by atoms with E-state index in [9.17, 15) is 9.59 Å². The molecule has 0 saturated heterocycles. The van der Waals surface area contributed by atoms with Crippen LogP contribution < -0.4 is 5.73 Å². The minimum absolute atomic E-state index is 0.243. The quantitative estimate of drug-likeness (QED) is 0.359. The van der Waals surface area contributed by atoms with Crippen molar-refractivity contribution in [3.05, 3.63) is 24.3 Å². The Morgan fingerprint density at radius 2 is 2.23 bits per heavy atom. The number of amides is 2. The van der Waals surface area contributed by atoms with Crippen LogP contribution in [0.4, 0.5) is 0 Å². The number of rotatable bonds is 6. The van der Waals surface area contributed by atoms with Crippen molar-refractivity contribution in [3.8, 4) is 0 Å². The third-order valence-electron chi connectivity index (χ3n) is 1.45. The molecule has 0 bridgehead atoms. The Balaban J connectivity index is 4.33. The highest BCUT2D eigenvalue weighted by molar-refractivity contribution is 5.92. The molecule has 13 heavy (non-hydrogen) atoms. The van der Waals surface area contributed by atoms with E-state index in [1.165, 1.54) is 4.90 Å². The Morgan fingerprint density at radius 1 is 1.62 bits per heavy atom. The average Bonchev–Trinajstić information content (AvgIpc) is 2.11. The lowest BCUT2D eigenvalue weighted by atomic mass is 10.2. The number of likely N-dealkylation sites (N-methyl/N-ethyl adjacent to an activating group) is 1. The lowest BCUT2D eigenvalue weighted by Gasteiger charge is -2.10. The minimum atomic E-state index is -0.504. The molecular weight excluding hydrogens is 168 g/mol. The van der Waals surface area contributed by atoms with Crippen LogP contribution in [-0.2, 0) is 9.59 Å². The zero-order valence-corrected chi connectivity index (χ0v) is 7.69. The van der Waals surface area contributed by atoms with Crippen molar-refractivity contribution in [1.29, 1.82) is 0 Å². The molecule has 0 heterocycles. The van der Waals surface area contributed by atoms with Gasteiger partial charge in [0.15, 0.2) is 0 Å². The molecule has 0 aliphatic carbocycles.